The highest BCUT2D eigenvalue weighted by molar-refractivity contribution is 7.19. The predicted molar refractivity (Wildman–Crippen MR) is 119 cm³/mol. The summed E-state index contributed by atoms with van der Waals surface area (Å²) in [6.07, 6.45) is 3.99. The van der Waals surface area contributed by atoms with Crippen LogP contribution in [-0.4, -0.2) is 39.3 Å². The van der Waals surface area contributed by atoms with Crippen LogP contribution in [0.5, 0.6) is 0 Å². The maximum absolute atomic E-state index is 12.5. The molecule has 2 aliphatic heterocycles. The molecule has 154 valence electrons. The fourth-order valence-electron chi connectivity index (χ4n) is 3.82. The number of rotatable bonds is 2. The van der Waals surface area contributed by atoms with Gasteiger partial charge in [-0.15, -0.1) is 11.3 Å². The molecule has 1 amide bonds. The number of aromatic nitrogens is 2. The number of ether oxygens (including phenoxy) is 1. The maximum Gasteiger partial charge on any atom is 0.410 e. The van der Waals surface area contributed by atoms with E-state index in [4.69, 9.17) is 4.74 Å². The van der Waals surface area contributed by atoms with Gasteiger partial charge < -0.3 is 15.0 Å². The summed E-state index contributed by atoms with van der Waals surface area (Å²) >= 11 is 1.62. The lowest BCUT2D eigenvalue weighted by Crippen LogP contribution is -2.39. The van der Waals surface area contributed by atoms with Gasteiger partial charge in [0, 0.05) is 23.3 Å². The molecule has 0 aliphatic carbocycles. The standard InChI is InChI=1S/C22H23N5O2S/c1-22(2,3)29-21(28)27-7-6-16-17(11-27)30-20-18(16)19(24-12-25-20)26-15-5-4-13-9-23-10-14(13)8-15/h4-5,8,10,12H,6-7,9,11H2,1-3H3,(H,24,25,26). The Kier molecular flexibility index (Phi) is 4.47. The molecule has 5 rings (SSSR count). The highest BCUT2D eigenvalue weighted by atomic mass is 32.1. The molecule has 2 aliphatic rings. The van der Waals surface area contributed by atoms with Gasteiger partial charge in [-0.3, -0.25) is 4.99 Å². The second kappa shape index (κ2) is 7.05. The van der Waals surface area contributed by atoms with Crippen LogP contribution < -0.4 is 5.32 Å². The minimum atomic E-state index is -0.499. The van der Waals surface area contributed by atoms with Crippen molar-refractivity contribution in [3.8, 4) is 0 Å². The average molecular weight is 422 g/mol. The molecule has 0 saturated carbocycles. The molecule has 0 unspecified atom stereocenters. The molecule has 30 heavy (non-hydrogen) atoms. The van der Waals surface area contributed by atoms with Crippen molar-refractivity contribution >= 4 is 45.4 Å². The normalized spacial score (nSPS) is 15.2. The third-order valence-corrected chi connectivity index (χ3v) is 6.31. The van der Waals surface area contributed by atoms with Crippen molar-refractivity contribution in [3.05, 3.63) is 46.1 Å². The zero-order chi connectivity index (χ0) is 20.9. The number of benzene rings is 1. The van der Waals surface area contributed by atoms with E-state index in [9.17, 15) is 4.79 Å². The molecule has 7 nitrogen and oxygen atoms in total. The van der Waals surface area contributed by atoms with E-state index < -0.39 is 5.60 Å². The van der Waals surface area contributed by atoms with Crippen LogP contribution in [0, 0.1) is 0 Å². The van der Waals surface area contributed by atoms with Crippen LogP contribution in [-0.2, 0) is 24.2 Å². The van der Waals surface area contributed by atoms with Crippen LogP contribution in [0.15, 0.2) is 29.5 Å². The Hall–Kier alpha value is -3.00. The minimum absolute atomic E-state index is 0.269. The van der Waals surface area contributed by atoms with E-state index in [0.29, 0.717) is 13.1 Å². The zero-order valence-electron chi connectivity index (χ0n) is 17.2. The predicted octanol–water partition coefficient (Wildman–Crippen LogP) is 4.66. The Morgan fingerprint density at radius 3 is 2.97 bits per heavy atom. The minimum Gasteiger partial charge on any atom is -0.444 e. The molecule has 3 aromatic rings. The molecule has 0 fully saturated rings. The highest BCUT2D eigenvalue weighted by Crippen LogP contribution is 2.38. The summed E-state index contributed by atoms with van der Waals surface area (Å²) in [5.74, 6) is 0.804. The van der Waals surface area contributed by atoms with Crippen LogP contribution in [0.4, 0.5) is 16.3 Å². The summed E-state index contributed by atoms with van der Waals surface area (Å²) in [5, 5.41) is 4.52. The number of anilines is 2. The van der Waals surface area contributed by atoms with E-state index in [0.717, 1.165) is 45.1 Å². The number of hydrogen-bond acceptors (Lipinski definition) is 7. The fraction of sp³-hybridized carbons (Fsp3) is 0.364. The van der Waals surface area contributed by atoms with E-state index in [1.54, 1.807) is 22.6 Å². The molecule has 1 aromatic carbocycles. The number of amides is 1. The summed E-state index contributed by atoms with van der Waals surface area (Å²) in [7, 11) is 0. The lowest BCUT2D eigenvalue weighted by Gasteiger charge is -2.30. The second-order valence-corrected chi connectivity index (χ2v) is 9.65. The van der Waals surface area contributed by atoms with Crippen LogP contribution in [0.3, 0.4) is 0 Å². The number of thiophene rings is 1. The quantitative estimate of drug-likeness (QED) is 0.651. The summed E-state index contributed by atoms with van der Waals surface area (Å²) in [6, 6.07) is 6.26. The van der Waals surface area contributed by atoms with Gasteiger partial charge in [-0.1, -0.05) is 6.07 Å². The monoisotopic (exact) mass is 421 g/mol. The molecule has 0 atom stereocenters. The lowest BCUT2D eigenvalue weighted by molar-refractivity contribution is 0.0227. The van der Waals surface area contributed by atoms with Crippen molar-refractivity contribution in [2.24, 2.45) is 4.99 Å². The van der Waals surface area contributed by atoms with Crippen LogP contribution >= 0.6 is 11.3 Å². The number of hydrogen-bond donors (Lipinski definition) is 1. The first kappa shape index (κ1) is 19.0. The van der Waals surface area contributed by atoms with Gasteiger partial charge in [-0.2, -0.15) is 0 Å². The molecule has 2 aromatic heterocycles. The molecule has 0 spiro atoms. The van der Waals surface area contributed by atoms with Gasteiger partial charge in [0.15, 0.2) is 0 Å². The largest absolute Gasteiger partial charge is 0.444 e. The van der Waals surface area contributed by atoms with Gasteiger partial charge in [-0.05, 0) is 56.0 Å². The van der Waals surface area contributed by atoms with Gasteiger partial charge in [0.05, 0.1) is 18.5 Å². The topological polar surface area (TPSA) is 79.7 Å². The molecule has 8 heteroatoms. The lowest BCUT2D eigenvalue weighted by atomic mass is 10.0. The van der Waals surface area contributed by atoms with Gasteiger partial charge in [0.2, 0.25) is 0 Å². The van der Waals surface area contributed by atoms with E-state index in [1.165, 1.54) is 11.1 Å². The Labute approximate surface area is 178 Å². The second-order valence-electron chi connectivity index (χ2n) is 8.57. The van der Waals surface area contributed by atoms with Crippen molar-refractivity contribution in [2.75, 3.05) is 11.9 Å². The van der Waals surface area contributed by atoms with Crippen LogP contribution in [0.2, 0.25) is 0 Å². The van der Waals surface area contributed by atoms with Gasteiger partial charge in [0.25, 0.3) is 0 Å². The first-order valence-electron chi connectivity index (χ1n) is 10.0. The number of fused-ring (bicyclic) bond motifs is 4. The summed E-state index contributed by atoms with van der Waals surface area (Å²) < 4.78 is 5.55. The van der Waals surface area contributed by atoms with Crippen molar-refractivity contribution in [2.45, 2.75) is 45.9 Å². The van der Waals surface area contributed by atoms with Crippen molar-refractivity contribution in [1.29, 1.82) is 0 Å². The molecule has 4 heterocycles. The van der Waals surface area contributed by atoms with E-state index in [1.807, 2.05) is 27.0 Å². The first-order chi connectivity index (χ1) is 14.4. The van der Waals surface area contributed by atoms with E-state index in [2.05, 4.69) is 38.5 Å². The molecule has 0 saturated heterocycles. The number of nitrogens with zero attached hydrogens (tertiary/aromatic N) is 4. The molecule has 0 radical (unpaired) electrons. The molecule has 0 bridgehead atoms. The fourth-order valence-corrected chi connectivity index (χ4v) is 5.02. The summed E-state index contributed by atoms with van der Waals surface area (Å²) in [5.41, 5.74) is 4.09. The van der Waals surface area contributed by atoms with Gasteiger partial charge >= 0.3 is 6.09 Å². The van der Waals surface area contributed by atoms with Gasteiger partial charge in [-0.25, -0.2) is 14.8 Å². The highest BCUT2D eigenvalue weighted by Gasteiger charge is 2.29. The Bertz CT molecular complexity index is 1180. The Balaban J connectivity index is 1.44. The average Bonchev–Trinajstić information content (AvgIpc) is 3.30. The zero-order valence-corrected chi connectivity index (χ0v) is 18.0. The number of carbonyl (C=O) groups excluding carboxylic acids is 1. The molecular formula is C22H23N5O2S. The smallest absolute Gasteiger partial charge is 0.410 e. The summed E-state index contributed by atoms with van der Waals surface area (Å²) in [6.45, 7) is 7.57. The maximum atomic E-state index is 12.5. The number of aliphatic imine (C=N–C) groups is 1. The van der Waals surface area contributed by atoms with Crippen molar-refractivity contribution in [1.82, 2.24) is 14.9 Å². The van der Waals surface area contributed by atoms with Crippen molar-refractivity contribution < 1.29 is 9.53 Å². The van der Waals surface area contributed by atoms with Gasteiger partial charge in [0.1, 0.15) is 22.6 Å². The van der Waals surface area contributed by atoms with Crippen LogP contribution in [0.25, 0.3) is 10.2 Å². The summed E-state index contributed by atoms with van der Waals surface area (Å²) in [4.78, 5) is 29.7. The molecular weight excluding hydrogens is 398 g/mol. The molecule has 1 N–H and O–H groups in total. The third kappa shape index (κ3) is 3.52. The number of carbonyl (C=O) groups is 1. The Morgan fingerprint density at radius 1 is 1.27 bits per heavy atom. The number of nitrogens with one attached hydrogen (secondary N) is 1. The van der Waals surface area contributed by atoms with Crippen molar-refractivity contribution in [3.63, 3.8) is 0 Å². The Morgan fingerprint density at radius 2 is 2.13 bits per heavy atom. The third-order valence-electron chi connectivity index (χ3n) is 5.19. The first-order valence-corrected chi connectivity index (χ1v) is 10.8. The van der Waals surface area contributed by atoms with Crippen LogP contribution in [0.1, 0.15) is 42.3 Å². The van der Waals surface area contributed by atoms with E-state index >= 15 is 0 Å². The SMILES string of the molecule is CC(C)(C)OC(=O)N1CCc2c(sc3ncnc(Nc4ccc5c(c4)C=NC5)c23)C1. The van der Waals surface area contributed by atoms with E-state index in [-0.39, 0.29) is 6.09 Å².